The van der Waals surface area contributed by atoms with Crippen molar-refractivity contribution in [2.24, 2.45) is 0 Å². The van der Waals surface area contributed by atoms with Gasteiger partial charge < -0.3 is 10.1 Å². The number of methoxy groups -OCH3 is 1. The molecule has 0 heterocycles. The topological polar surface area (TPSA) is 38.3 Å². The van der Waals surface area contributed by atoms with Gasteiger partial charge in [0.25, 0.3) is 0 Å². The minimum Gasteiger partial charge on any atom is -0.467 e. The fourth-order valence-corrected chi connectivity index (χ4v) is 2.15. The maximum atomic E-state index is 13.7. The maximum absolute atomic E-state index is 13.7. The predicted molar refractivity (Wildman–Crippen MR) is 79.6 cm³/mol. The highest BCUT2D eigenvalue weighted by Crippen LogP contribution is 2.21. The zero-order valence-electron chi connectivity index (χ0n) is 11.8. The molecule has 2 aromatic carbocycles. The van der Waals surface area contributed by atoms with Gasteiger partial charge in [-0.15, -0.1) is 0 Å². The summed E-state index contributed by atoms with van der Waals surface area (Å²) in [7, 11) is 1.18. The van der Waals surface area contributed by atoms with E-state index in [-0.39, 0.29) is 12.6 Å². The fraction of sp³-hybridized carbons (Fsp3) is 0.235. The summed E-state index contributed by atoms with van der Waals surface area (Å²) < 4.78 is 18.1. The van der Waals surface area contributed by atoms with Gasteiger partial charge in [-0.1, -0.05) is 60.7 Å². The Kier molecular flexibility index (Phi) is 5.46. The Morgan fingerprint density at radius 2 is 1.52 bits per heavy atom. The summed E-state index contributed by atoms with van der Waals surface area (Å²) in [6, 6.07) is 19.3. The highest BCUT2D eigenvalue weighted by Gasteiger charge is 2.21. The number of hydrogen-bond acceptors (Lipinski definition) is 3. The van der Waals surface area contributed by atoms with Gasteiger partial charge >= 0.3 is 5.97 Å². The molecule has 0 aliphatic heterocycles. The fourth-order valence-electron chi connectivity index (χ4n) is 2.15. The van der Waals surface area contributed by atoms with Crippen molar-refractivity contribution in [3.05, 3.63) is 71.8 Å². The first-order valence-electron chi connectivity index (χ1n) is 6.77. The van der Waals surface area contributed by atoms with Crippen LogP contribution in [0.25, 0.3) is 0 Å². The summed E-state index contributed by atoms with van der Waals surface area (Å²) in [5.74, 6) is -0.859. The molecule has 0 spiro atoms. The van der Waals surface area contributed by atoms with E-state index in [1.165, 1.54) is 7.11 Å². The van der Waals surface area contributed by atoms with Crippen LogP contribution >= 0.6 is 0 Å². The molecule has 110 valence electrons. The lowest BCUT2D eigenvalue weighted by atomic mass is 9.98. The third kappa shape index (κ3) is 4.13. The molecule has 0 fully saturated rings. The number of benzene rings is 2. The lowest BCUT2D eigenvalue weighted by molar-refractivity contribution is -0.146. The Labute approximate surface area is 123 Å². The van der Waals surface area contributed by atoms with Crippen LogP contribution < -0.4 is 5.32 Å². The van der Waals surface area contributed by atoms with Crippen molar-refractivity contribution >= 4 is 5.97 Å². The van der Waals surface area contributed by atoms with E-state index in [2.05, 4.69) is 10.1 Å². The number of nitrogens with one attached hydrogen (secondary N) is 1. The van der Waals surface area contributed by atoms with Gasteiger partial charge in [-0.05, 0) is 11.1 Å². The number of carbonyl (C=O) groups excluding carboxylic acids is 1. The Balaban J connectivity index is 2.16. The molecule has 1 atom stereocenters. The number of rotatable bonds is 6. The summed E-state index contributed by atoms with van der Waals surface area (Å²) in [5.41, 5.74) is 2.03. The van der Waals surface area contributed by atoms with Crippen LogP contribution in [0.15, 0.2) is 60.7 Å². The molecule has 4 heteroatoms. The van der Waals surface area contributed by atoms with Gasteiger partial charge in [0.05, 0.1) is 13.2 Å². The lowest BCUT2D eigenvalue weighted by Gasteiger charge is -2.20. The van der Waals surface area contributed by atoms with E-state index in [0.717, 1.165) is 11.1 Å². The quantitative estimate of drug-likeness (QED) is 0.830. The van der Waals surface area contributed by atoms with Crippen LogP contribution in [-0.2, 0) is 9.53 Å². The van der Waals surface area contributed by atoms with Crippen molar-refractivity contribution in [3.63, 3.8) is 0 Å². The van der Waals surface area contributed by atoms with Crippen LogP contribution in [0.2, 0.25) is 0 Å². The molecule has 3 nitrogen and oxygen atoms in total. The second-order valence-corrected chi connectivity index (χ2v) is 4.65. The van der Waals surface area contributed by atoms with Crippen molar-refractivity contribution < 1.29 is 13.9 Å². The molecule has 2 rings (SSSR count). The van der Waals surface area contributed by atoms with Crippen molar-refractivity contribution in [2.45, 2.75) is 12.2 Å². The monoisotopic (exact) mass is 287 g/mol. The number of ether oxygens (including phenoxy) is 1. The molecular weight excluding hydrogens is 269 g/mol. The van der Waals surface area contributed by atoms with Gasteiger partial charge in [-0.3, -0.25) is 0 Å². The summed E-state index contributed by atoms with van der Waals surface area (Å²) >= 11 is 0. The third-order valence-electron chi connectivity index (χ3n) is 3.22. The van der Waals surface area contributed by atoms with Gasteiger partial charge in [-0.2, -0.15) is 0 Å². The molecule has 2 aromatic rings. The average Bonchev–Trinajstić information content (AvgIpc) is 2.56. The van der Waals surface area contributed by atoms with Gasteiger partial charge in [-0.25, -0.2) is 9.18 Å². The lowest BCUT2D eigenvalue weighted by Crippen LogP contribution is -2.33. The van der Waals surface area contributed by atoms with E-state index in [1.807, 2.05) is 60.7 Å². The van der Waals surface area contributed by atoms with Gasteiger partial charge in [0.15, 0.2) is 0 Å². The smallest absolute Gasteiger partial charge is 0.341 e. The molecule has 0 aromatic heterocycles. The summed E-state index contributed by atoms with van der Waals surface area (Å²) in [5, 5.41) is 3.09. The van der Waals surface area contributed by atoms with Crippen LogP contribution in [0.4, 0.5) is 4.39 Å². The Morgan fingerprint density at radius 1 is 1.05 bits per heavy atom. The molecule has 0 unspecified atom stereocenters. The number of hydrogen-bond donors (Lipinski definition) is 1. The minimum absolute atomic E-state index is 0.0961. The van der Waals surface area contributed by atoms with Gasteiger partial charge in [0.2, 0.25) is 6.17 Å². The normalized spacial score (nSPS) is 12.1. The van der Waals surface area contributed by atoms with Gasteiger partial charge in [0, 0.05) is 6.54 Å². The first kappa shape index (κ1) is 15.2. The van der Waals surface area contributed by atoms with E-state index in [1.54, 1.807) is 0 Å². The van der Waals surface area contributed by atoms with Gasteiger partial charge in [0.1, 0.15) is 0 Å². The van der Waals surface area contributed by atoms with E-state index in [9.17, 15) is 9.18 Å². The minimum atomic E-state index is -1.68. The molecule has 0 radical (unpaired) electrons. The molecule has 0 amide bonds. The van der Waals surface area contributed by atoms with E-state index >= 15 is 0 Å². The molecule has 0 saturated heterocycles. The molecule has 0 bridgehead atoms. The molecule has 1 N–H and O–H groups in total. The number of halogens is 1. The second-order valence-electron chi connectivity index (χ2n) is 4.65. The van der Waals surface area contributed by atoms with E-state index < -0.39 is 12.1 Å². The molecule has 0 aliphatic carbocycles. The highest BCUT2D eigenvalue weighted by atomic mass is 19.1. The van der Waals surface area contributed by atoms with Crippen LogP contribution in [0.1, 0.15) is 17.2 Å². The zero-order valence-corrected chi connectivity index (χ0v) is 11.8. The predicted octanol–water partition coefficient (Wildman–Crippen LogP) is 2.88. The standard InChI is InChI=1S/C17H18FNO2/c1-21-17(20)15(18)12-19-16(13-8-4-2-5-9-13)14-10-6-3-7-11-14/h2-11,15-16,19H,12H2,1H3/t15-/m0/s1. The van der Waals surface area contributed by atoms with Crippen molar-refractivity contribution in [3.8, 4) is 0 Å². The summed E-state index contributed by atoms with van der Waals surface area (Å²) in [6.07, 6.45) is -1.68. The van der Waals surface area contributed by atoms with Crippen molar-refractivity contribution in [1.29, 1.82) is 0 Å². The zero-order chi connectivity index (χ0) is 15.1. The number of esters is 1. The second kappa shape index (κ2) is 7.55. The van der Waals surface area contributed by atoms with E-state index in [0.29, 0.717) is 0 Å². The van der Waals surface area contributed by atoms with Crippen LogP contribution in [0.5, 0.6) is 0 Å². The highest BCUT2D eigenvalue weighted by molar-refractivity contribution is 5.74. The maximum Gasteiger partial charge on any atom is 0.341 e. The Morgan fingerprint density at radius 3 is 1.95 bits per heavy atom. The van der Waals surface area contributed by atoms with Crippen LogP contribution in [0.3, 0.4) is 0 Å². The first-order chi connectivity index (χ1) is 10.2. The molecular formula is C17H18FNO2. The molecule has 21 heavy (non-hydrogen) atoms. The number of alkyl halides is 1. The third-order valence-corrected chi connectivity index (χ3v) is 3.22. The first-order valence-corrected chi connectivity index (χ1v) is 6.77. The van der Waals surface area contributed by atoms with Crippen molar-refractivity contribution in [1.82, 2.24) is 5.32 Å². The van der Waals surface area contributed by atoms with Crippen LogP contribution in [0, 0.1) is 0 Å². The number of carbonyl (C=O) groups is 1. The molecule has 0 aliphatic rings. The van der Waals surface area contributed by atoms with Crippen molar-refractivity contribution in [2.75, 3.05) is 13.7 Å². The Bertz CT molecular complexity index is 520. The largest absolute Gasteiger partial charge is 0.467 e. The van der Waals surface area contributed by atoms with Crippen LogP contribution in [-0.4, -0.2) is 25.8 Å². The average molecular weight is 287 g/mol. The SMILES string of the molecule is COC(=O)[C@@H](F)CNC(c1ccccc1)c1ccccc1. The summed E-state index contributed by atoms with van der Waals surface area (Å²) in [6.45, 7) is -0.0961. The molecule has 0 saturated carbocycles. The van der Waals surface area contributed by atoms with E-state index in [4.69, 9.17) is 0 Å². The summed E-state index contributed by atoms with van der Waals surface area (Å²) in [4.78, 5) is 11.2. The Hall–Kier alpha value is -2.20.